The molecule has 0 fully saturated rings. The minimum Gasteiger partial charge on any atom is -0.457 e. The van der Waals surface area contributed by atoms with Crippen LogP contribution in [0.2, 0.25) is 0 Å². The van der Waals surface area contributed by atoms with Crippen LogP contribution >= 0.6 is 0 Å². The molecule has 3 heteroatoms. The van der Waals surface area contributed by atoms with Gasteiger partial charge in [0.25, 0.3) is 0 Å². The van der Waals surface area contributed by atoms with Gasteiger partial charge in [-0.05, 0) is 51.6 Å². The maximum Gasteiger partial charge on any atom is 0.160 e. The minimum atomic E-state index is -0.543. The fourth-order valence-corrected chi connectivity index (χ4v) is 8.03. The quantitative estimate of drug-likeness (QED) is 0.192. The number of rotatable bonds is 4. The fourth-order valence-electron chi connectivity index (χ4n) is 8.03. The fraction of sp³-hybridized carbons (Fsp3) is 0.0213. The second-order valence-electron chi connectivity index (χ2n) is 12.9. The molecule has 8 aromatic rings. The van der Waals surface area contributed by atoms with Gasteiger partial charge >= 0.3 is 0 Å². The third kappa shape index (κ3) is 4.23. The molecule has 10 rings (SSSR count). The number of ether oxygens (including phenoxy) is 1. The molecular weight excluding hydrogens is 609 g/mol. The Morgan fingerprint density at radius 1 is 0.360 bits per heavy atom. The van der Waals surface area contributed by atoms with Crippen molar-refractivity contribution in [3.8, 4) is 67.7 Å². The van der Waals surface area contributed by atoms with E-state index in [0.717, 1.165) is 50.7 Å². The highest BCUT2D eigenvalue weighted by molar-refractivity contribution is 5.96. The lowest BCUT2D eigenvalue weighted by Crippen LogP contribution is -2.32. The third-order valence-corrected chi connectivity index (χ3v) is 10.2. The van der Waals surface area contributed by atoms with Gasteiger partial charge in [-0.2, -0.15) is 0 Å². The Balaban J connectivity index is 1.22. The molecule has 234 valence electrons. The zero-order valence-corrected chi connectivity index (χ0v) is 27.1. The van der Waals surface area contributed by atoms with Gasteiger partial charge in [0.05, 0.1) is 16.8 Å². The first-order valence-electron chi connectivity index (χ1n) is 17.0. The number of para-hydroxylation sites is 2. The van der Waals surface area contributed by atoms with Crippen molar-refractivity contribution >= 4 is 0 Å². The highest BCUT2D eigenvalue weighted by Gasteiger charge is 2.51. The van der Waals surface area contributed by atoms with Gasteiger partial charge in [-0.25, -0.2) is 9.97 Å². The first kappa shape index (κ1) is 28.4. The van der Waals surface area contributed by atoms with Crippen LogP contribution < -0.4 is 4.74 Å². The summed E-state index contributed by atoms with van der Waals surface area (Å²) in [5.41, 5.74) is 13.9. The van der Waals surface area contributed by atoms with E-state index in [2.05, 4.69) is 158 Å². The van der Waals surface area contributed by atoms with Crippen LogP contribution in [0.4, 0.5) is 0 Å². The van der Waals surface area contributed by atoms with Crippen molar-refractivity contribution in [3.63, 3.8) is 0 Å². The molecule has 1 aromatic heterocycles. The second kappa shape index (κ2) is 11.3. The average Bonchev–Trinajstić information content (AvgIpc) is 3.49. The molecule has 0 amide bonds. The molecule has 2 aliphatic rings. The zero-order chi connectivity index (χ0) is 33.1. The van der Waals surface area contributed by atoms with Gasteiger partial charge in [0.1, 0.15) is 11.5 Å². The predicted octanol–water partition coefficient (Wildman–Crippen LogP) is 11.6. The molecule has 0 bridgehead atoms. The molecule has 0 N–H and O–H groups in total. The molecule has 0 unspecified atom stereocenters. The normalized spacial score (nSPS) is 13.1. The van der Waals surface area contributed by atoms with Crippen LogP contribution in [0.3, 0.4) is 0 Å². The number of nitrogens with zero attached hydrogens (tertiary/aromatic N) is 2. The zero-order valence-electron chi connectivity index (χ0n) is 27.1. The Morgan fingerprint density at radius 2 is 0.860 bits per heavy atom. The molecule has 50 heavy (non-hydrogen) atoms. The van der Waals surface area contributed by atoms with E-state index in [-0.39, 0.29) is 0 Å². The lowest BCUT2D eigenvalue weighted by atomic mass is 9.66. The van der Waals surface area contributed by atoms with E-state index in [1.54, 1.807) is 0 Å². The lowest BCUT2D eigenvalue weighted by Gasteiger charge is -2.39. The van der Waals surface area contributed by atoms with E-state index < -0.39 is 5.41 Å². The van der Waals surface area contributed by atoms with Gasteiger partial charge in [0, 0.05) is 27.8 Å². The van der Waals surface area contributed by atoms with Crippen molar-refractivity contribution in [1.29, 1.82) is 0 Å². The number of aromatic nitrogens is 2. The van der Waals surface area contributed by atoms with Crippen molar-refractivity contribution < 1.29 is 4.74 Å². The summed E-state index contributed by atoms with van der Waals surface area (Å²) in [6.45, 7) is 0. The summed E-state index contributed by atoms with van der Waals surface area (Å²) in [7, 11) is 0. The molecule has 1 aliphatic heterocycles. The first-order valence-corrected chi connectivity index (χ1v) is 17.0. The predicted molar refractivity (Wildman–Crippen MR) is 201 cm³/mol. The van der Waals surface area contributed by atoms with Crippen LogP contribution in [-0.2, 0) is 5.41 Å². The highest BCUT2D eigenvalue weighted by Crippen LogP contribution is 2.63. The van der Waals surface area contributed by atoms with Crippen LogP contribution in [0.15, 0.2) is 182 Å². The van der Waals surface area contributed by atoms with Gasteiger partial charge in [-0.3, -0.25) is 0 Å². The highest BCUT2D eigenvalue weighted by atomic mass is 16.5. The number of hydrogen-bond donors (Lipinski definition) is 0. The molecule has 3 nitrogen and oxygen atoms in total. The van der Waals surface area contributed by atoms with Crippen LogP contribution in [0.25, 0.3) is 56.2 Å². The summed E-state index contributed by atoms with van der Waals surface area (Å²) >= 11 is 0. The lowest BCUT2D eigenvalue weighted by molar-refractivity contribution is 0.436. The summed E-state index contributed by atoms with van der Waals surface area (Å²) < 4.78 is 6.55. The summed E-state index contributed by atoms with van der Waals surface area (Å²) in [5.74, 6) is 2.47. The van der Waals surface area contributed by atoms with Gasteiger partial charge in [0.15, 0.2) is 5.82 Å². The number of hydrogen-bond acceptors (Lipinski definition) is 3. The molecular formula is C47H30N2O. The van der Waals surface area contributed by atoms with Gasteiger partial charge < -0.3 is 4.74 Å². The summed E-state index contributed by atoms with van der Waals surface area (Å²) in [4.78, 5) is 10.5. The maximum atomic E-state index is 6.55. The molecule has 0 atom stereocenters. The topological polar surface area (TPSA) is 35.0 Å². The van der Waals surface area contributed by atoms with Crippen molar-refractivity contribution in [3.05, 3.63) is 204 Å². The molecule has 1 spiro atoms. The van der Waals surface area contributed by atoms with E-state index in [1.807, 2.05) is 24.3 Å². The standard InChI is InChI=1S/C47H30N2O/c1-3-14-31(15-4-1)32-26-28-33(29-27-32)41-30-42(49-46(48-41)34-16-5-2-6-17-34)36-19-13-23-40-45(36)35-18-7-8-20-37(35)47(40)38-21-9-11-24-43(38)50-44-25-12-10-22-39(44)47/h1-30H. The molecule has 0 radical (unpaired) electrons. The summed E-state index contributed by atoms with van der Waals surface area (Å²) in [6, 6.07) is 64.1. The summed E-state index contributed by atoms with van der Waals surface area (Å²) in [6.07, 6.45) is 0. The Morgan fingerprint density at radius 3 is 1.56 bits per heavy atom. The Bertz CT molecular complexity index is 2510. The van der Waals surface area contributed by atoms with Crippen molar-refractivity contribution in [2.75, 3.05) is 0 Å². The van der Waals surface area contributed by atoms with Crippen molar-refractivity contribution in [2.45, 2.75) is 5.41 Å². The SMILES string of the molecule is c1ccc(-c2ccc(-c3cc(-c4cccc5c4-c4ccccc4C54c5ccccc5Oc5ccccc54)nc(-c4ccccc4)n3)cc2)cc1. The molecule has 1 aliphatic carbocycles. The smallest absolute Gasteiger partial charge is 0.160 e. The number of benzene rings is 7. The van der Waals surface area contributed by atoms with E-state index in [0.29, 0.717) is 5.82 Å². The Labute approximate surface area is 291 Å². The monoisotopic (exact) mass is 638 g/mol. The van der Waals surface area contributed by atoms with E-state index in [4.69, 9.17) is 14.7 Å². The van der Waals surface area contributed by atoms with Crippen LogP contribution in [-0.4, -0.2) is 9.97 Å². The van der Waals surface area contributed by atoms with E-state index in [1.165, 1.54) is 33.4 Å². The second-order valence-corrected chi connectivity index (χ2v) is 12.9. The molecule has 2 heterocycles. The molecule has 0 saturated heterocycles. The van der Waals surface area contributed by atoms with Gasteiger partial charge in [0.2, 0.25) is 0 Å². The van der Waals surface area contributed by atoms with E-state index >= 15 is 0 Å². The summed E-state index contributed by atoms with van der Waals surface area (Å²) in [5, 5.41) is 0. The third-order valence-electron chi connectivity index (χ3n) is 10.2. The van der Waals surface area contributed by atoms with Crippen LogP contribution in [0, 0.1) is 0 Å². The maximum absolute atomic E-state index is 6.55. The molecule has 7 aromatic carbocycles. The van der Waals surface area contributed by atoms with Crippen molar-refractivity contribution in [1.82, 2.24) is 9.97 Å². The van der Waals surface area contributed by atoms with Gasteiger partial charge in [-0.15, -0.1) is 0 Å². The first-order chi connectivity index (χ1) is 24.8. The number of fused-ring (bicyclic) bond motifs is 9. The Hall–Kier alpha value is -6.58. The van der Waals surface area contributed by atoms with Crippen molar-refractivity contribution in [2.24, 2.45) is 0 Å². The van der Waals surface area contributed by atoms with Crippen LogP contribution in [0.5, 0.6) is 11.5 Å². The largest absolute Gasteiger partial charge is 0.457 e. The molecule has 0 saturated carbocycles. The Kier molecular flexibility index (Phi) is 6.40. The van der Waals surface area contributed by atoms with E-state index in [9.17, 15) is 0 Å². The van der Waals surface area contributed by atoms with Crippen LogP contribution in [0.1, 0.15) is 22.3 Å². The van der Waals surface area contributed by atoms with Gasteiger partial charge in [-0.1, -0.05) is 164 Å². The minimum absolute atomic E-state index is 0.543. The average molecular weight is 639 g/mol.